The number of nitrogens with zero attached hydrogens (tertiary/aromatic N) is 2. The molecule has 0 amide bonds. The summed E-state index contributed by atoms with van der Waals surface area (Å²) in [4.78, 5) is 18.6. The molecular weight excluding hydrogens is 360 g/mol. The van der Waals surface area contributed by atoms with Crippen LogP contribution in [0, 0.1) is 18.3 Å². The number of aliphatic hydroxyl groups is 1. The van der Waals surface area contributed by atoms with Gasteiger partial charge in [0, 0.05) is 24.1 Å². The SMILES string of the molecule is C#CC1N2CCC(CC2)C1(O)c1ccc(CCC(C)=O)nc1Cc1ccccc1. The molecule has 2 unspecified atom stereocenters. The summed E-state index contributed by atoms with van der Waals surface area (Å²) in [5, 5.41) is 12.0. The van der Waals surface area contributed by atoms with Crippen LogP contribution in [0.4, 0.5) is 0 Å². The summed E-state index contributed by atoms with van der Waals surface area (Å²) in [6, 6.07) is 13.8. The number of aromatic nitrogens is 1. The monoisotopic (exact) mass is 388 g/mol. The topological polar surface area (TPSA) is 53.4 Å². The fraction of sp³-hybridized carbons (Fsp3) is 0.440. The zero-order valence-corrected chi connectivity index (χ0v) is 17.0. The normalized spacial score (nSPS) is 28.1. The molecule has 4 heterocycles. The smallest absolute Gasteiger partial charge is 0.130 e. The number of fused-ring (bicyclic) bond motifs is 3. The summed E-state index contributed by atoms with van der Waals surface area (Å²) in [5.41, 5.74) is 2.67. The minimum Gasteiger partial charge on any atom is -0.382 e. The van der Waals surface area contributed by atoms with Crippen molar-refractivity contribution in [3.8, 4) is 12.3 Å². The van der Waals surface area contributed by atoms with E-state index in [0.717, 1.165) is 48.4 Å². The zero-order valence-electron chi connectivity index (χ0n) is 17.0. The lowest BCUT2D eigenvalue weighted by atomic mass is 9.66. The summed E-state index contributed by atoms with van der Waals surface area (Å²) in [5.74, 6) is 3.18. The molecule has 1 aromatic carbocycles. The number of carbonyl (C=O) groups is 1. The van der Waals surface area contributed by atoms with Crippen LogP contribution in [0.5, 0.6) is 0 Å². The third-order valence-corrected chi connectivity index (χ3v) is 6.50. The summed E-state index contributed by atoms with van der Waals surface area (Å²) in [7, 11) is 0. The first kappa shape index (κ1) is 19.8. The van der Waals surface area contributed by atoms with E-state index in [2.05, 4.69) is 23.0 Å². The Morgan fingerprint density at radius 2 is 1.97 bits per heavy atom. The van der Waals surface area contributed by atoms with Gasteiger partial charge in [0.25, 0.3) is 0 Å². The highest BCUT2D eigenvalue weighted by Gasteiger charge is 2.54. The van der Waals surface area contributed by atoms with Crippen molar-refractivity contribution in [2.75, 3.05) is 13.1 Å². The Morgan fingerprint density at radius 1 is 1.24 bits per heavy atom. The first-order valence-electron chi connectivity index (χ1n) is 10.5. The van der Waals surface area contributed by atoms with Crippen molar-refractivity contribution in [1.29, 1.82) is 0 Å². The molecule has 2 atom stereocenters. The van der Waals surface area contributed by atoms with Crippen molar-refractivity contribution in [3.63, 3.8) is 0 Å². The van der Waals surface area contributed by atoms with Crippen molar-refractivity contribution < 1.29 is 9.90 Å². The Labute approximate surface area is 173 Å². The molecule has 3 fully saturated rings. The molecule has 150 valence electrons. The number of benzene rings is 1. The predicted molar refractivity (Wildman–Crippen MR) is 113 cm³/mol. The van der Waals surface area contributed by atoms with Crippen LogP contribution >= 0.6 is 0 Å². The number of Topliss-reactive ketones (excluding diaryl/α,β-unsaturated/α-hetero) is 1. The Bertz CT molecular complexity index is 926. The van der Waals surface area contributed by atoms with Gasteiger partial charge in [0.1, 0.15) is 17.4 Å². The van der Waals surface area contributed by atoms with E-state index in [1.807, 2.05) is 30.3 Å². The molecule has 4 heteroatoms. The number of piperidine rings is 3. The number of terminal acetylenes is 1. The third-order valence-electron chi connectivity index (χ3n) is 6.50. The van der Waals surface area contributed by atoms with Crippen LogP contribution in [-0.2, 0) is 23.2 Å². The molecule has 4 nitrogen and oxygen atoms in total. The highest BCUT2D eigenvalue weighted by atomic mass is 16.3. The van der Waals surface area contributed by atoms with E-state index in [1.54, 1.807) is 6.92 Å². The van der Waals surface area contributed by atoms with Gasteiger partial charge in [-0.2, -0.15) is 0 Å². The molecular formula is C25H28N2O2. The van der Waals surface area contributed by atoms with E-state index in [1.165, 1.54) is 0 Å². The molecule has 5 rings (SSSR count). The Kier molecular flexibility index (Phi) is 5.54. The molecule has 3 saturated heterocycles. The number of carbonyl (C=O) groups excluding carboxylic acids is 1. The molecule has 0 radical (unpaired) electrons. The lowest BCUT2D eigenvalue weighted by Gasteiger charge is -2.54. The molecule has 0 spiro atoms. The number of pyridine rings is 1. The van der Waals surface area contributed by atoms with Crippen molar-refractivity contribution in [3.05, 3.63) is 65.0 Å². The molecule has 1 N–H and O–H groups in total. The average molecular weight is 389 g/mol. The first-order valence-corrected chi connectivity index (χ1v) is 10.5. The van der Waals surface area contributed by atoms with E-state index < -0.39 is 5.60 Å². The lowest BCUT2D eigenvalue weighted by Crippen LogP contribution is -2.63. The highest BCUT2D eigenvalue weighted by molar-refractivity contribution is 5.75. The van der Waals surface area contributed by atoms with E-state index in [4.69, 9.17) is 11.4 Å². The maximum Gasteiger partial charge on any atom is 0.130 e. The van der Waals surface area contributed by atoms with Crippen LogP contribution in [-0.4, -0.2) is 39.9 Å². The fourth-order valence-electron chi connectivity index (χ4n) is 4.98. The van der Waals surface area contributed by atoms with Gasteiger partial charge in [-0.3, -0.25) is 9.88 Å². The van der Waals surface area contributed by atoms with Crippen LogP contribution in [0.25, 0.3) is 0 Å². The van der Waals surface area contributed by atoms with Gasteiger partial charge in [0.2, 0.25) is 0 Å². The van der Waals surface area contributed by atoms with Crippen LogP contribution < -0.4 is 0 Å². The second kappa shape index (κ2) is 8.10. The quantitative estimate of drug-likeness (QED) is 0.773. The van der Waals surface area contributed by atoms with Gasteiger partial charge in [-0.25, -0.2) is 0 Å². The molecule has 3 aliphatic rings. The summed E-state index contributed by atoms with van der Waals surface area (Å²) < 4.78 is 0. The second-order valence-electron chi connectivity index (χ2n) is 8.37. The van der Waals surface area contributed by atoms with Gasteiger partial charge in [-0.05, 0) is 56.8 Å². The molecule has 3 aliphatic heterocycles. The molecule has 2 bridgehead atoms. The minimum absolute atomic E-state index is 0.146. The molecule has 0 saturated carbocycles. The fourth-order valence-corrected chi connectivity index (χ4v) is 4.98. The minimum atomic E-state index is -1.08. The van der Waals surface area contributed by atoms with Gasteiger partial charge in [-0.15, -0.1) is 6.42 Å². The largest absolute Gasteiger partial charge is 0.382 e. The van der Waals surface area contributed by atoms with E-state index >= 15 is 0 Å². The van der Waals surface area contributed by atoms with Crippen LogP contribution in [0.3, 0.4) is 0 Å². The highest BCUT2D eigenvalue weighted by Crippen LogP contribution is 2.47. The average Bonchev–Trinajstić information content (AvgIpc) is 2.74. The Morgan fingerprint density at radius 3 is 2.62 bits per heavy atom. The van der Waals surface area contributed by atoms with Gasteiger partial charge >= 0.3 is 0 Å². The molecule has 29 heavy (non-hydrogen) atoms. The van der Waals surface area contributed by atoms with Crippen molar-refractivity contribution >= 4 is 5.78 Å². The van der Waals surface area contributed by atoms with E-state index in [0.29, 0.717) is 19.3 Å². The summed E-state index contributed by atoms with van der Waals surface area (Å²) in [6.07, 6.45) is 9.53. The van der Waals surface area contributed by atoms with Crippen LogP contribution in [0.1, 0.15) is 48.7 Å². The van der Waals surface area contributed by atoms with E-state index in [-0.39, 0.29) is 17.7 Å². The zero-order chi connectivity index (χ0) is 20.4. The van der Waals surface area contributed by atoms with Crippen molar-refractivity contribution in [1.82, 2.24) is 9.88 Å². The maximum absolute atomic E-state index is 12.0. The lowest BCUT2D eigenvalue weighted by molar-refractivity contribution is -0.143. The number of aryl methyl sites for hydroxylation is 1. The standard InChI is InChI=1S/C25H28N2O2/c1-3-24-25(29,20-13-15-27(24)16-14-20)22-12-11-21(10-9-18(2)28)26-23(22)17-19-7-5-4-6-8-19/h1,4-8,11-12,20,24,29H,9-10,13-17H2,2H3. The third kappa shape index (κ3) is 3.73. The van der Waals surface area contributed by atoms with Crippen molar-refractivity contribution in [2.45, 2.75) is 50.7 Å². The van der Waals surface area contributed by atoms with Gasteiger partial charge in [0.15, 0.2) is 0 Å². The molecule has 2 aromatic rings. The number of ketones is 1. The number of hydrogen-bond acceptors (Lipinski definition) is 4. The van der Waals surface area contributed by atoms with Crippen molar-refractivity contribution in [2.24, 2.45) is 5.92 Å². The van der Waals surface area contributed by atoms with Gasteiger partial charge in [0.05, 0.1) is 5.69 Å². The Balaban J connectivity index is 1.77. The Hall–Kier alpha value is -2.48. The summed E-state index contributed by atoms with van der Waals surface area (Å²) >= 11 is 0. The molecule has 0 aliphatic carbocycles. The van der Waals surface area contributed by atoms with Gasteiger partial charge < -0.3 is 9.90 Å². The van der Waals surface area contributed by atoms with Crippen LogP contribution in [0.15, 0.2) is 42.5 Å². The second-order valence-corrected chi connectivity index (χ2v) is 8.37. The maximum atomic E-state index is 12.0. The van der Waals surface area contributed by atoms with E-state index in [9.17, 15) is 9.90 Å². The first-order chi connectivity index (χ1) is 14.0. The number of hydrogen-bond donors (Lipinski definition) is 1. The van der Waals surface area contributed by atoms with Gasteiger partial charge in [-0.1, -0.05) is 42.3 Å². The summed E-state index contributed by atoms with van der Waals surface area (Å²) in [6.45, 7) is 3.49. The predicted octanol–water partition coefficient (Wildman–Crippen LogP) is 3.11. The number of rotatable bonds is 6. The molecule has 1 aromatic heterocycles. The van der Waals surface area contributed by atoms with Crippen LogP contribution in [0.2, 0.25) is 0 Å².